The molecule has 0 radical (unpaired) electrons. The second-order valence-electron chi connectivity index (χ2n) is 10.5. The van der Waals surface area contributed by atoms with Crippen molar-refractivity contribution >= 4 is 40.2 Å². The summed E-state index contributed by atoms with van der Waals surface area (Å²) >= 11 is 6.20. The average molecular weight is 572 g/mol. The Labute approximate surface area is 244 Å². The Morgan fingerprint density at radius 1 is 1.00 bits per heavy atom. The maximum atomic E-state index is 13.4. The van der Waals surface area contributed by atoms with E-state index in [0.717, 1.165) is 60.9 Å². The molecular formula is C32H34ClN5O3. The van der Waals surface area contributed by atoms with Gasteiger partial charge in [0.05, 0.1) is 11.6 Å². The number of carbonyl (C=O) groups is 3. The molecule has 0 saturated carbocycles. The first-order valence-corrected chi connectivity index (χ1v) is 14.4. The van der Waals surface area contributed by atoms with E-state index in [1.165, 1.54) is 0 Å². The SMILES string of the molecule is Cc1cc(C(=O)NC(CCCCNC(=O)c2cccnc2)c2cc3cc(Cl)ccc3[nH]2)ccc1C(=O)N1CCCC1. The minimum Gasteiger partial charge on any atom is -0.357 e. The summed E-state index contributed by atoms with van der Waals surface area (Å²) in [7, 11) is 0. The normalized spacial score (nSPS) is 13.8. The zero-order chi connectivity index (χ0) is 28.8. The number of likely N-dealkylation sites (tertiary alicyclic amines) is 1. The van der Waals surface area contributed by atoms with Gasteiger partial charge in [-0.3, -0.25) is 19.4 Å². The predicted octanol–water partition coefficient (Wildman–Crippen LogP) is 5.83. The third-order valence-electron chi connectivity index (χ3n) is 7.53. The number of aromatic nitrogens is 2. The molecule has 3 N–H and O–H groups in total. The molecule has 1 saturated heterocycles. The van der Waals surface area contributed by atoms with Gasteiger partial charge >= 0.3 is 0 Å². The molecule has 5 rings (SSSR count). The summed E-state index contributed by atoms with van der Waals surface area (Å²) in [6.07, 6.45) is 7.42. The Kier molecular flexibility index (Phi) is 8.99. The highest BCUT2D eigenvalue weighted by Gasteiger charge is 2.23. The number of benzene rings is 2. The maximum Gasteiger partial charge on any atom is 0.254 e. The van der Waals surface area contributed by atoms with Crippen molar-refractivity contribution in [2.24, 2.45) is 0 Å². The van der Waals surface area contributed by atoms with E-state index in [1.54, 1.807) is 42.7 Å². The molecule has 1 aliphatic rings. The van der Waals surface area contributed by atoms with Gasteiger partial charge in [-0.25, -0.2) is 0 Å². The van der Waals surface area contributed by atoms with Crippen molar-refractivity contribution in [1.82, 2.24) is 25.5 Å². The minimum absolute atomic E-state index is 0.0252. The molecule has 1 atom stereocenters. The first-order chi connectivity index (χ1) is 19.9. The lowest BCUT2D eigenvalue weighted by Gasteiger charge is -2.19. The molecule has 9 heteroatoms. The fourth-order valence-corrected chi connectivity index (χ4v) is 5.45. The number of nitrogens with zero attached hydrogens (tertiary/aromatic N) is 2. The monoisotopic (exact) mass is 571 g/mol. The van der Waals surface area contributed by atoms with Crippen LogP contribution in [0.5, 0.6) is 0 Å². The number of nitrogens with one attached hydrogen (secondary N) is 3. The van der Waals surface area contributed by atoms with Crippen molar-refractivity contribution in [2.45, 2.75) is 45.1 Å². The molecule has 1 fully saturated rings. The second kappa shape index (κ2) is 13.0. The molecule has 41 heavy (non-hydrogen) atoms. The molecule has 4 aromatic rings. The molecule has 3 heterocycles. The van der Waals surface area contributed by atoms with E-state index in [1.807, 2.05) is 36.1 Å². The highest BCUT2D eigenvalue weighted by Crippen LogP contribution is 2.27. The Hall–Kier alpha value is -4.17. The van der Waals surface area contributed by atoms with Crippen molar-refractivity contribution in [3.05, 3.63) is 100.0 Å². The molecule has 3 amide bonds. The van der Waals surface area contributed by atoms with Gasteiger partial charge in [0, 0.05) is 64.8 Å². The van der Waals surface area contributed by atoms with Crippen molar-refractivity contribution in [3.63, 3.8) is 0 Å². The Morgan fingerprint density at radius 2 is 1.83 bits per heavy atom. The average Bonchev–Trinajstić information content (AvgIpc) is 3.67. The number of halogens is 1. The second-order valence-corrected chi connectivity index (χ2v) is 10.9. The van der Waals surface area contributed by atoms with Crippen LogP contribution >= 0.6 is 11.6 Å². The van der Waals surface area contributed by atoms with Gasteiger partial charge in [-0.1, -0.05) is 11.6 Å². The zero-order valence-corrected chi connectivity index (χ0v) is 23.8. The molecule has 8 nitrogen and oxygen atoms in total. The third kappa shape index (κ3) is 6.95. The molecule has 0 spiro atoms. The lowest BCUT2D eigenvalue weighted by molar-refractivity contribution is 0.0790. The molecular weight excluding hydrogens is 538 g/mol. The number of hydrogen-bond donors (Lipinski definition) is 3. The summed E-state index contributed by atoms with van der Waals surface area (Å²) < 4.78 is 0. The molecule has 0 bridgehead atoms. The Balaban J connectivity index is 1.26. The van der Waals surface area contributed by atoms with Crippen molar-refractivity contribution in [3.8, 4) is 0 Å². The maximum absolute atomic E-state index is 13.4. The van der Waals surface area contributed by atoms with Gasteiger partial charge in [0.25, 0.3) is 17.7 Å². The number of fused-ring (bicyclic) bond motifs is 1. The van der Waals surface area contributed by atoms with E-state index in [9.17, 15) is 14.4 Å². The summed E-state index contributed by atoms with van der Waals surface area (Å²) in [5.74, 6) is -0.338. The standard InChI is InChI=1S/C32H34ClN5O3/c1-21-17-22(9-11-26(21)32(41)38-15-4-5-16-38)31(40)37-28(29-19-24-18-25(33)10-12-27(24)36-29)8-2-3-14-35-30(39)23-7-6-13-34-20-23/h6-7,9-13,17-20,28,36H,2-5,8,14-16H2,1H3,(H,35,39)(H,37,40). The van der Waals surface area contributed by atoms with Crippen LogP contribution < -0.4 is 10.6 Å². The van der Waals surface area contributed by atoms with Crippen LogP contribution in [0.4, 0.5) is 0 Å². The topological polar surface area (TPSA) is 107 Å². The number of carbonyl (C=O) groups excluding carboxylic acids is 3. The van der Waals surface area contributed by atoms with Crippen LogP contribution in [0.15, 0.2) is 67.0 Å². The number of pyridine rings is 1. The lowest BCUT2D eigenvalue weighted by Crippen LogP contribution is -2.30. The van der Waals surface area contributed by atoms with Crippen molar-refractivity contribution < 1.29 is 14.4 Å². The number of aryl methyl sites for hydroxylation is 1. The Morgan fingerprint density at radius 3 is 2.59 bits per heavy atom. The fraction of sp³-hybridized carbons (Fsp3) is 0.312. The van der Waals surface area contributed by atoms with Crippen molar-refractivity contribution in [2.75, 3.05) is 19.6 Å². The molecule has 212 valence electrons. The van der Waals surface area contributed by atoms with Gasteiger partial charge in [-0.15, -0.1) is 0 Å². The first-order valence-electron chi connectivity index (χ1n) is 14.1. The van der Waals surface area contributed by atoms with E-state index < -0.39 is 0 Å². The van der Waals surface area contributed by atoms with E-state index >= 15 is 0 Å². The molecule has 0 aliphatic carbocycles. The molecule has 1 aliphatic heterocycles. The molecule has 2 aromatic carbocycles. The zero-order valence-electron chi connectivity index (χ0n) is 23.1. The minimum atomic E-state index is -0.283. The van der Waals surface area contributed by atoms with Crippen LogP contribution in [-0.2, 0) is 0 Å². The van der Waals surface area contributed by atoms with Gasteiger partial charge < -0.3 is 20.5 Å². The van der Waals surface area contributed by atoms with Crippen LogP contribution in [0.25, 0.3) is 10.9 Å². The van der Waals surface area contributed by atoms with Gasteiger partial charge in [0.2, 0.25) is 0 Å². The number of amides is 3. The first kappa shape index (κ1) is 28.4. The van der Waals surface area contributed by atoms with Crippen LogP contribution in [-0.4, -0.2) is 52.2 Å². The molecule has 1 unspecified atom stereocenters. The highest BCUT2D eigenvalue weighted by atomic mass is 35.5. The fourth-order valence-electron chi connectivity index (χ4n) is 5.27. The van der Waals surface area contributed by atoms with E-state index in [2.05, 4.69) is 20.6 Å². The van der Waals surface area contributed by atoms with E-state index in [-0.39, 0.29) is 23.8 Å². The number of aromatic amines is 1. The summed E-state index contributed by atoms with van der Waals surface area (Å²) in [6.45, 7) is 3.96. The lowest BCUT2D eigenvalue weighted by atomic mass is 10.0. The van der Waals surface area contributed by atoms with Gasteiger partial charge in [0.1, 0.15) is 0 Å². The molecule has 2 aromatic heterocycles. The summed E-state index contributed by atoms with van der Waals surface area (Å²) in [6, 6.07) is 16.1. The quantitative estimate of drug-likeness (QED) is 0.208. The number of H-pyrrole nitrogens is 1. The van der Waals surface area contributed by atoms with E-state index in [4.69, 9.17) is 11.6 Å². The van der Waals surface area contributed by atoms with Gasteiger partial charge in [0.15, 0.2) is 0 Å². The largest absolute Gasteiger partial charge is 0.357 e. The van der Waals surface area contributed by atoms with E-state index in [0.29, 0.717) is 34.7 Å². The van der Waals surface area contributed by atoms with Crippen LogP contribution in [0.3, 0.4) is 0 Å². The third-order valence-corrected chi connectivity index (χ3v) is 7.76. The van der Waals surface area contributed by atoms with Crippen LogP contribution in [0.2, 0.25) is 5.02 Å². The smallest absolute Gasteiger partial charge is 0.254 e. The predicted molar refractivity (Wildman–Crippen MR) is 160 cm³/mol. The number of hydrogen-bond acceptors (Lipinski definition) is 4. The highest BCUT2D eigenvalue weighted by molar-refractivity contribution is 6.31. The van der Waals surface area contributed by atoms with Crippen LogP contribution in [0, 0.1) is 6.92 Å². The van der Waals surface area contributed by atoms with Gasteiger partial charge in [-0.05, 0) is 99.2 Å². The van der Waals surface area contributed by atoms with Gasteiger partial charge in [-0.2, -0.15) is 0 Å². The summed E-state index contributed by atoms with van der Waals surface area (Å²) in [5.41, 5.74) is 4.28. The summed E-state index contributed by atoms with van der Waals surface area (Å²) in [4.78, 5) is 47.9. The number of unbranched alkanes of at least 4 members (excludes halogenated alkanes) is 1. The Bertz CT molecular complexity index is 1550. The van der Waals surface area contributed by atoms with Crippen molar-refractivity contribution in [1.29, 1.82) is 0 Å². The number of rotatable bonds is 10. The van der Waals surface area contributed by atoms with Crippen LogP contribution in [0.1, 0.15) is 80.5 Å². The summed E-state index contributed by atoms with van der Waals surface area (Å²) in [5, 5.41) is 7.73.